The molecule has 0 radical (unpaired) electrons. The molecular formula is C78H136NO8+. The first-order valence-electron chi connectivity index (χ1n) is 36.1. The zero-order chi connectivity index (χ0) is 63.3. The third kappa shape index (κ3) is 69.3. The van der Waals surface area contributed by atoms with Gasteiger partial charge in [-0.3, -0.25) is 9.59 Å². The van der Waals surface area contributed by atoms with Gasteiger partial charge in [-0.25, -0.2) is 4.79 Å². The Labute approximate surface area is 536 Å². The van der Waals surface area contributed by atoms with Crippen molar-refractivity contribution in [3.05, 3.63) is 109 Å². The van der Waals surface area contributed by atoms with E-state index in [9.17, 15) is 19.5 Å². The molecule has 0 aliphatic heterocycles. The molecule has 0 spiro atoms. The third-order valence-electron chi connectivity index (χ3n) is 15.5. The summed E-state index contributed by atoms with van der Waals surface area (Å²) in [4.78, 5) is 37.6. The lowest BCUT2D eigenvalue weighted by Gasteiger charge is -2.25. The Morgan fingerprint density at radius 3 is 0.977 bits per heavy atom. The number of likely N-dealkylation sites (N-methyl/N-ethyl adjacent to an activating group) is 1. The van der Waals surface area contributed by atoms with E-state index < -0.39 is 24.3 Å². The second-order valence-electron chi connectivity index (χ2n) is 25.2. The van der Waals surface area contributed by atoms with Crippen molar-refractivity contribution >= 4 is 17.9 Å². The van der Waals surface area contributed by atoms with Gasteiger partial charge in [0.15, 0.2) is 6.10 Å². The topological polar surface area (TPSA) is 108 Å². The molecule has 0 amide bonds. The SMILES string of the molecule is CC/C=C\C/C=C\C/C=C\C/C=C\C/C=C\C/C=C\C/C=C\CCCCCCCCCC(=O)OC(COC(=O)CCCCCCCCCCCCCCCCCCCCCCC/C=C\C/C=C\CCCCCCC)COC(OCC[N+](C)(C)C)C(=O)O. The molecule has 0 aromatic rings. The zero-order valence-electron chi connectivity index (χ0n) is 57.2. The van der Waals surface area contributed by atoms with Crippen LogP contribution in [0.15, 0.2) is 109 Å². The van der Waals surface area contributed by atoms with Crippen LogP contribution in [0.2, 0.25) is 0 Å². The van der Waals surface area contributed by atoms with E-state index in [0.717, 1.165) is 96.3 Å². The molecule has 0 aliphatic rings. The predicted octanol–water partition coefficient (Wildman–Crippen LogP) is 22.6. The van der Waals surface area contributed by atoms with Gasteiger partial charge in [-0.15, -0.1) is 0 Å². The third-order valence-corrected chi connectivity index (χ3v) is 15.5. The number of rotatable bonds is 66. The molecule has 0 aromatic heterocycles. The lowest BCUT2D eigenvalue weighted by molar-refractivity contribution is -0.870. The summed E-state index contributed by atoms with van der Waals surface area (Å²) in [6.07, 6.45) is 92.1. The van der Waals surface area contributed by atoms with E-state index in [1.165, 1.54) is 180 Å². The quantitative estimate of drug-likeness (QED) is 0.0211. The lowest BCUT2D eigenvalue weighted by atomic mass is 10.0. The Morgan fingerprint density at radius 1 is 0.356 bits per heavy atom. The van der Waals surface area contributed by atoms with Crippen LogP contribution in [0.5, 0.6) is 0 Å². The molecular weight excluding hydrogens is 1080 g/mol. The monoisotopic (exact) mass is 1220 g/mol. The first-order valence-corrected chi connectivity index (χ1v) is 36.1. The highest BCUT2D eigenvalue weighted by Crippen LogP contribution is 2.17. The molecule has 0 heterocycles. The zero-order valence-corrected chi connectivity index (χ0v) is 57.2. The molecule has 1 N–H and O–H groups in total. The van der Waals surface area contributed by atoms with Crippen LogP contribution in [0.25, 0.3) is 0 Å². The van der Waals surface area contributed by atoms with Crippen LogP contribution in [0.1, 0.15) is 309 Å². The maximum absolute atomic E-state index is 12.9. The first-order chi connectivity index (χ1) is 42.6. The number of carbonyl (C=O) groups excluding carboxylic acids is 2. The van der Waals surface area contributed by atoms with Gasteiger partial charge in [0.1, 0.15) is 13.2 Å². The van der Waals surface area contributed by atoms with Gasteiger partial charge in [0, 0.05) is 12.8 Å². The maximum atomic E-state index is 12.9. The van der Waals surface area contributed by atoms with E-state index >= 15 is 0 Å². The number of hydrogen-bond acceptors (Lipinski definition) is 7. The van der Waals surface area contributed by atoms with Crippen LogP contribution >= 0.6 is 0 Å². The number of allylic oxidation sites excluding steroid dienone is 18. The minimum Gasteiger partial charge on any atom is -0.477 e. The number of carboxylic acid groups (broad SMARTS) is 1. The van der Waals surface area contributed by atoms with Gasteiger partial charge < -0.3 is 28.5 Å². The van der Waals surface area contributed by atoms with Crippen molar-refractivity contribution < 1.29 is 42.9 Å². The van der Waals surface area contributed by atoms with E-state index in [0.29, 0.717) is 23.9 Å². The number of nitrogens with zero attached hydrogens (tertiary/aromatic N) is 1. The highest BCUT2D eigenvalue weighted by molar-refractivity contribution is 5.71. The summed E-state index contributed by atoms with van der Waals surface area (Å²) in [6, 6.07) is 0. The average molecular weight is 1220 g/mol. The summed E-state index contributed by atoms with van der Waals surface area (Å²) in [5.74, 6) is -2.01. The molecule has 0 aliphatic carbocycles. The summed E-state index contributed by atoms with van der Waals surface area (Å²) < 4.78 is 23.0. The van der Waals surface area contributed by atoms with Crippen LogP contribution < -0.4 is 0 Å². The van der Waals surface area contributed by atoms with Gasteiger partial charge in [0.2, 0.25) is 0 Å². The fourth-order valence-electron chi connectivity index (χ4n) is 10.0. The molecule has 2 atom stereocenters. The first kappa shape index (κ1) is 83.0. The van der Waals surface area contributed by atoms with Gasteiger partial charge in [-0.05, 0) is 103 Å². The standard InChI is InChI=1S/C78H135NO8/c1-6-8-10-12-14-16-18-20-22-24-26-28-30-32-34-36-37-38-39-41-42-44-46-48-50-52-54-56-58-60-62-64-66-68-75(80)85-72-74(73-86-78(77(82)83)84-71-70-79(3,4)5)87-76(81)69-67-65-63-61-59-57-55-53-51-49-47-45-43-40-35-33-31-29-27-25-23-21-19-17-15-13-11-9-7-2/h9,11,15,17-18,20-21,23-24,26-27,29,33,35,43,45,49,51,74,78H,6-8,10,12-14,16,19,22,25,28,30-32,34,36-42,44,46-48,50,52-73H2,1-5H3/p+1/b11-9-,17-15-,20-18-,23-21-,26-24-,29-27-,35-33-,45-43-,51-49-. The van der Waals surface area contributed by atoms with Gasteiger partial charge in [-0.1, -0.05) is 303 Å². The van der Waals surface area contributed by atoms with Crippen LogP contribution in [-0.4, -0.2) is 87.4 Å². The summed E-state index contributed by atoms with van der Waals surface area (Å²) in [6.45, 7) is 4.76. The fourth-order valence-corrected chi connectivity index (χ4v) is 10.0. The number of hydrogen-bond donors (Lipinski definition) is 1. The highest BCUT2D eigenvalue weighted by Gasteiger charge is 2.25. The Morgan fingerprint density at radius 2 is 0.655 bits per heavy atom. The smallest absolute Gasteiger partial charge is 0.361 e. The second kappa shape index (κ2) is 67.9. The van der Waals surface area contributed by atoms with Gasteiger partial charge >= 0.3 is 17.9 Å². The Kier molecular flexibility index (Phi) is 64.7. The van der Waals surface area contributed by atoms with Crippen molar-refractivity contribution in [2.45, 2.75) is 322 Å². The molecule has 9 heteroatoms. The van der Waals surface area contributed by atoms with Gasteiger partial charge in [0.25, 0.3) is 6.29 Å². The summed E-state index contributed by atoms with van der Waals surface area (Å²) >= 11 is 0. The molecule has 0 saturated carbocycles. The Hall–Kier alpha value is -4.05. The van der Waals surface area contributed by atoms with Crippen molar-refractivity contribution in [1.29, 1.82) is 0 Å². The molecule has 500 valence electrons. The van der Waals surface area contributed by atoms with Crippen LogP contribution in [0, 0.1) is 0 Å². The number of carbonyl (C=O) groups is 3. The minimum absolute atomic E-state index is 0.181. The molecule has 2 unspecified atom stereocenters. The van der Waals surface area contributed by atoms with Gasteiger partial charge in [-0.2, -0.15) is 0 Å². The number of ether oxygens (including phenoxy) is 4. The van der Waals surface area contributed by atoms with E-state index in [4.69, 9.17) is 18.9 Å². The van der Waals surface area contributed by atoms with Crippen molar-refractivity contribution in [2.24, 2.45) is 0 Å². The molecule has 0 bridgehead atoms. The average Bonchev–Trinajstić information content (AvgIpc) is 3.57. The fraction of sp³-hybridized carbons (Fsp3) is 0.731. The summed E-state index contributed by atoms with van der Waals surface area (Å²) in [5.41, 5.74) is 0. The van der Waals surface area contributed by atoms with Crippen molar-refractivity contribution in [3.8, 4) is 0 Å². The molecule has 9 nitrogen and oxygen atoms in total. The molecule has 0 fully saturated rings. The van der Waals surface area contributed by atoms with Crippen LogP contribution in [-0.2, 0) is 33.3 Å². The number of unbranched alkanes of at least 4 members (excludes halogenated alkanes) is 33. The Balaban J connectivity index is 4.12. The predicted molar refractivity (Wildman–Crippen MR) is 373 cm³/mol. The Bertz CT molecular complexity index is 1800. The second-order valence-corrected chi connectivity index (χ2v) is 25.2. The van der Waals surface area contributed by atoms with Crippen molar-refractivity contribution in [1.82, 2.24) is 0 Å². The number of aliphatic carboxylic acids is 1. The van der Waals surface area contributed by atoms with Crippen LogP contribution in [0.4, 0.5) is 0 Å². The van der Waals surface area contributed by atoms with Gasteiger partial charge in [0.05, 0.1) is 34.4 Å². The van der Waals surface area contributed by atoms with E-state index in [-0.39, 0.29) is 32.2 Å². The molecule has 0 saturated heterocycles. The summed E-state index contributed by atoms with van der Waals surface area (Å²) in [7, 11) is 5.97. The molecule has 0 rings (SSSR count). The van der Waals surface area contributed by atoms with E-state index in [1.807, 2.05) is 21.1 Å². The number of carboxylic acids is 1. The van der Waals surface area contributed by atoms with E-state index in [2.05, 4.69) is 123 Å². The van der Waals surface area contributed by atoms with Crippen molar-refractivity contribution in [2.75, 3.05) is 47.5 Å². The van der Waals surface area contributed by atoms with Crippen LogP contribution in [0.3, 0.4) is 0 Å². The van der Waals surface area contributed by atoms with Crippen molar-refractivity contribution in [3.63, 3.8) is 0 Å². The largest absolute Gasteiger partial charge is 0.477 e. The maximum Gasteiger partial charge on any atom is 0.361 e. The van der Waals surface area contributed by atoms with E-state index in [1.54, 1.807) is 0 Å². The highest BCUT2D eigenvalue weighted by atomic mass is 16.7. The number of quaternary nitrogens is 1. The molecule has 87 heavy (non-hydrogen) atoms. The molecule has 0 aromatic carbocycles. The lowest BCUT2D eigenvalue weighted by Crippen LogP contribution is -2.40. The summed E-state index contributed by atoms with van der Waals surface area (Å²) in [5, 5.41) is 9.75. The number of esters is 2. The normalized spacial score (nSPS) is 13.3. The minimum atomic E-state index is -1.52.